The fraction of sp³-hybridized carbons (Fsp3) is 0.115. The molecule has 0 aliphatic rings. The van der Waals surface area contributed by atoms with Crippen LogP contribution in [0.5, 0.6) is 23.0 Å². The van der Waals surface area contributed by atoms with Gasteiger partial charge in [-0.15, -0.1) is 11.3 Å². The van der Waals surface area contributed by atoms with Crippen molar-refractivity contribution in [3.63, 3.8) is 0 Å². The number of carbonyl (C=O) groups is 1. The number of phenolic OH excluding ortho intramolecular Hbond substituents is 2. The van der Waals surface area contributed by atoms with Crippen LogP contribution < -0.4 is 20.1 Å². The first-order chi connectivity index (χ1) is 18.5. The minimum absolute atomic E-state index is 0.0172. The van der Waals surface area contributed by atoms with Gasteiger partial charge >= 0.3 is 6.03 Å². The lowest BCUT2D eigenvalue weighted by molar-refractivity contribution is 0.252. The van der Waals surface area contributed by atoms with Crippen LogP contribution in [0.2, 0.25) is 10.0 Å². The van der Waals surface area contributed by atoms with E-state index in [-0.39, 0.29) is 34.5 Å². The molecule has 4 aromatic rings. The van der Waals surface area contributed by atoms with Gasteiger partial charge in [0, 0.05) is 46.0 Å². The number of aromatic hydroxyl groups is 2. The summed E-state index contributed by atoms with van der Waals surface area (Å²) in [4.78, 5) is 12.2. The molecule has 13 heteroatoms. The van der Waals surface area contributed by atoms with E-state index in [4.69, 9.17) is 27.9 Å². The largest absolute Gasteiger partial charge is 0.504 e. The van der Waals surface area contributed by atoms with Gasteiger partial charge in [0.25, 0.3) is 10.0 Å². The third-order valence-electron chi connectivity index (χ3n) is 5.30. The third kappa shape index (κ3) is 7.34. The lowest BCUT2D eigenvalue weighted by Crippen LogP contribution is -2.36. The molecule has 5 N–H and O–H groups in total. The number of ether oxygens (including phenoxy) is 1. The van der Waals surface area contributed by atoms with Crippen molar-refractivity contribution < 1.29 is 28.2 Å². The van der Waals surface area contributed by atoms with Crippen molar-refractivity contribution in [1.29, 1.82) is 0 Å². The predicted octanol–water partition coefficient (Wildman–Crippen LogP) is 6.33. The molecule has 3 aromatic carbocycles. The van der Waals surface area contributed by atoms with Crippen LogP contribution in [0.1, 0.15) is 5.56 Å². The van der Waals surface area contributed by atoms with E-state index < -0.39 is 16.1 Å². The van der Waals surface area contributed by atoms with E-state index in [9.17, 15) is 23.4 Å². The van der Waals surface area contributed by atoms with E-state index in [0.717, 1.165) is 16.9 Å². The Morgan fingerprint density at radius 2 is 1.67 bits per heavy atom. The lowest BCUT2D eigenvalue weighted by Gasteiger charge is -2.14. The quantitative estimate of drug-likeness (QED) is 0.111. The predicted molar refractivity (Wildman–Crippen MR) is 153 cm³/mol. The highest BCUT2D eigenvalue weighted by Gasteiger charge is 2.23. The molecular weight excluding hydrogens is 585 g/mol. The number of hydrogen-bond acceptors (Lipinski definition) is 7. The summed E-state index contributed by atoms with van der Waals surface area (Å²) in [7, 11) is -3.94. The maximum absolute atomic E-state index is 13.2. The number of nitrogens with one attached hydrogen (secondary N) is 3. The van der Waals surface area contributed by atoms with Crippen molar-refractivity contribution in [2.45, 2.75) is 11.1 Å². The van der Waals surface area contributed by atoms with Gasteiger partial charge in [-0.2, -0.15) is 0 Å². The van der Waals surface area contributed by atoms with E-state index in [2.05, 4.69) is 15.4 Å². The zero-order valence-electron chi connectivity index (χ0n) is 20.4. The number of sulfonamides is 1. The zero-order valence-corrected chi connectivity index (χ0v) is 23.5. The standard InChI is InChI=1S/C26H23Cl2N3O6S2/c1-15-2-4-20(24(10-15)37-19-3-5-22(32)23(33)14-19)21-6-9-38-25(21)39(35,36)30-8-7-29-26(34)31-18-12-16(27)11-17(28)13-18/h2-6,9-14,30,32-33H,7-8H2,1H3,(H2,29,31,34). The minimum Gasteiger partial charge on any atom is -0.504 e. The number of thiophene rings is 1. The molecule has 1 aromatic heterocycles. The van der Waals surface area contributed by atoms with Crippen LogP contribution in [0.25, 0.3) is 11.1 Å². The summed E-state index contributed by atoms with van der Waals surface area (Å²) in [6, 6.07) is 15.1. The fourth-order valence-corrected chi connectivity index (χ4v) is 6.54. The summed E-state index contributed by atoms with van der Waals surface area (Å²) < 4.78 is 34.8. The Labute approximate surface area is 239 Å². The molecule has 0 atom stereocenters. The summed E-state index contributed by atoms with van der Waals surface area (Å²) in [5.41, 5.74) is 2.22. The maximum atomic E-state index is 13.2. The van der Waals surface area contributed by atoms with Gasteiger partial charge in [-0.05, 0) is 60.3 Å². The highest BCUT2D eigenvalue weighted by atomic mass is 35.5. The fourth-order valence-electron chi connectivity index (χ4n) is 3.56. The minimum atomic E-state index is -3.94. The second-order valence-electron chi connectivity index (χ2n) is 8.31. The molecule has 39 heavy (non-hydrogen) atoms. The van der Waals surface area contributed by atoms with Crippen molar-refractivity contribution in [3.8, 4) is 34.1 Å². The average molecular weight is 609 g/mol. The molecule has 0 aliphatic carbocycles. The molecule has 2 amide bonds. The monoisotopic (exact) mass is 607 g/mol. The molecule has 204 valence electrons. The first-order valence-corrected chi connectivity index (χ1v) is 14.5. The number of aryl methyl sites for hydroxylation is 1. The lowest BCUT2D eigenvalue weighted by atomic mass is 10.1. The molecule has 0 saturated heterocycles. The normalized spacial score (nSPS) is 11.3. The van der Waals surface area contributed by atoms with Gasteiger partial charge in [0.1, 0.15) is 15.7 Å². The topological polar surface area (TPSA) is 137 Å². The molecule has 0 fully saturated rings. The van der Waals surface area contributed by atoms with Gasteiger partial charge in [-0.25, -0.2) is 17.9 Å². The molecule has 1 heterocycles. The summed E-state index contributed by atoms with van der Waals surface area (Å²) in [6.07, 6.45) is 0. The Morgan fingerprint density at radius 1 is 0.923 bits per heavy atom. The smallest absolute Gasteiger partial charge is 0.319 e. The number of halogens is 2. The average Bonchev–Trinajstić information content (AvgIpc) is 3.34. The summed E-state index contributed by atoms with van der Waals surface area (Å²) in [6.45, 7) is 1.82. The number of phenols is 2. The van der Waals surface area contributed by atoms with Crippen LogP contribution in [0.15, 0.2) is 70.3 Å². The van der Waals surface area contributed by atoms with Gasteiger partial charge in [0.2, 0.25) is 0 Å². The highest BCUT2D eigenvalue weighted by Crippen LogP contribution is 2.41. The maximum Gasteiger partial charge on any atom is 0.319 e. The van der Waals surface area contributed by atoms with Crippen LogP contribution >= 0.6 is 34.5 Å². The van der Waals surface area contributed by atoms with Gasteiger partial charge in [0.15, 0.2) is 11.5 Å². The van der Waals surface area contributed by atoms with E-state index in [1.54, 1.807) is 23.6 Å². The van der Waals surface area contributed by atoms with E-state index in [1.807, 2.05) is 13.0 Å². The number of amides is 2. The van der Waals surface area contributed by atoms with E-state index in [1.165, 1.54) is 36.4 Å². The molecule has 0 unspecified atom stereocenters. The van der Waals surface area contributed by atoms with Crippen LogP contribution in [0.3, 0.4) is 0 Å². The van der Waals surface area contributed by atoms with Crippen molar-refractivity contribution in [1.82, 2.24) is 10.0 Å². The van der Waals surface area contributed by atoms with Crippen LogP contribution in [-0.2, 0) is 10.0 Å². The molecule has 0 spiro atoms. The molecule has 0 aliphatic heterocycles. The van der Waals surface area contributed by atoms with Crippen LogP contribution in [0, 0.1) is 6.92 Å². The number of carbonyl (C=O) groups excluding carboxylic acids is 1. The van der Waals surface area contributed by atoms with Gasteiger partial charge in [-0.1, -0.05) is 35.3 Å². The summed E-state index contributed by atoms with van der Waals surface area (Å²) in [5.74, 6) is 0.00185. The van der Waals surface area contributed by atoms with Crippen LogP contribution in [0.4, 0.5) is 10.5 Å². The number of urea groups is 1. The highest BCUT2D eigenvalue weighted by molar-refractivity contribution is 7.91. The van der Waals surface area contributed by atoms with E-state index in [0.29, 0.717) is 32.6 Å². The molecule has 0 saturated carbocycles. The Morgan fingerprint density at radius 3 is 2.38 bits per heavy atom. The Balaban J connectivity index is 1.44. The van der Waals surface area contributed by atoms with Gasteiger partial charge < -0.3 is 25.6 Å². The number of hydrogen-bond donors (Lipinski definition) is 5. The van der Waals surface area contributed by atoms with Crippen molar-refractivity contribution >= 4 is 56.3 Å². The summed E-state index contributed by atoms with van der Waals surface area (Å²) >= 11 is 12.9. The number of benzene rings is 3. The molecular formula is C26H23Cl2N3O6S2. The Bertz CT molecular complexity index is 1610. The molecule has 0 radical (unpaired) electrons. The Kier molecular flexibility index (Phi) is 8.88. The third-order valence-corrected chi connectivity index (χ3v) is 8.68. The van der Waals surface area contributed by atoms with Crippen molar-refractivity contribution in [3.05, 3.63) is 81.7 Å². The van der Waals surface area contributed by atoms with Crippen LogP contribution in [-0.4, -0.2) is 37.8 Å². The molecule has 9 nitrogen and oxygen atoms in total. The SMILES string of the molecule is Cc1ccc(-c2ccsc2S(=O)(=O)NCCNC(=O)Nc2cc(Cl)cc(Cl)c2)c(Oc2ccc(O)c(O)c2)c1. The van der Waals surface area contributed by atoms with Gasteiger partial charge in [0.05, 0.1) is 0 Å². The number of anilines is 1. The summed E-state index contributed by atoms with van der Waals surface area (Å²) in [5, 5.41) is 26.9. The first-order valence-electron chi connectivity index (χ1n) is 11.4. The second kappa shape index (κ2) is 12.1. The van der Waals surface area contributed by atoms with E-state index >= 15 is 0 Å². The molecule has 4 rings (SSSR count). The number of rotatable bonds is 9. The molecule has 0 bridgehead atoms. The zero-order chi connectivity index (χ0) is 28.2. The van der Waals surface area contributed by atoms with Gasteiger partial charge in [-0.3, -0.25) is 0 Å². The van der Waals surface area contributed by atoms with Crippen molar-refractivity contribution in [2.24, 2.45) is 0 Å². The second-order valence-corrected chi connectivity index (χ2v) is 12.1. The first kappa shape index (κ1) is 28.5. The Hall–Kier alpha value is -3.48. The van der Waals surface area contributed by atoms with Crippen molar-refractivity contribution in [2.75, 3.05) is 18.4 Å².